The molecule has 2 aromatic rings. The van der Waals surface area contributed by atoms with Crippen molar-refractivity contribution >= 4 is 5.69 Å². The van der Waals surface area contributed by atoms with Crippen LogP contribution in [0, 0.1) is 5.82 Å². The fraction of sp³-hybridized carbons (Fsp3) is 0.250. The molecule has 2 aromatic carbocycles. The number of anilines is 1. The topological polar surface area (TPSA) is 49.0 Å². The number of fused-ring (bicyclic) bond motifs is 1. The van der Waals surface area contributed by atoms with E-state index in [1.54, 1.807) is 13.2 Å². The number of methoxy groups -OCH3 is 2. The van der Waals surface area contributed by atoms with E-state index < -0.39 is 0 Å². The molecule has 1 N–H and O–H groups in total. The van der Waals surface area contributed by atoms with Crippen LogP contribution in [0.4, 0.5) is 10.1 Å². The van der Waals surface area contributed by atoms with E-state index in [0.717, 1.165) is 5.56 Å². The molecule has 5 nitrogen and oxygen atoms in total. The molecule has 6 heteroatoms. The van der Waals surface area contributed by atoms with Crippen LogP contribution < -0.4 is 24.3 Å². The molecule has 1 heterocycles. The smallest absolute Gasteiger partial charge is 0.231 e. The van der Waals surface area contributed by atoms with Gasteiger partial charge in [-0.3, -0.25) is 0 Å². The Balaban J connectivity index is 1.80. The van der Waals surface area contributed by atoms with Gasteiger partial charge in [0.25, 0.3) is 0 Å². The van der Waals surface area contributed by atoms with Crippen molar-refractivity contribution in [2.45, 2.75) is 6.54 Å². The van der Waals surface area contributed by atoms with Gasteiger partial charge in [-0.2, -0.15) is 0 Å². The lowest BCUT2D eigenvalue weighted by molar-refractivity contribution is 0.171. The van der Waals surface area contributed by atoms with E-state index in [9.17, 15) is 4.39 Å². The Kier molecular flexibility index (Phi) is 3.91. The van der Waals surface area contributed by atoms with E-state index in [4.69, 9.17) is 18.9 Å². The van der Waals surface area contributed by atoms with Crippen LogP contribution >= 0.6 is 0 Å². The molecule has 0 bridgehead atoms. The highest BCUT2D eigenvalue weighted by atomic mass is 19.1. The summed E-state index contributed by atoms with van der Waals surface area (Å²) in [6.45, 7) is 0.698. The fourth-order valence-electron chi connectivity index (χ4n) is 2.29. The minimum Gasteiger partial charge on any atom is -0.494 e. The maximum Gasteiger partial charge on any atom is 0.231 e. The summed E-state index contributed by atoms with van der Waals surface area (Å²) in [5, 5.41) is 3.21. The monoisotopic (exact) mass is 305 g/mol. The maximum atomic E-state index is 13.2. The second-order valence-corrected chi connectivity index (χ2v) is 4.73. The molecule has 1 aliphatic heterocycles. The van der Waals surface area contributed by atoms with Crippen molar-refractivity contribution in [2.24, 2.45) is 0 Å². The predicted octanol–water partition coefficient (Wildman–Crippen LogP) is 3.18. The van der Waals surface area contributed by atoms with Gasteiger partial charge in [0.05, 0.1) is 19.9 Å². The van der Waals surface area contributed by atoms with Crippen molar-refractivity contribution in [2.75, 3.05) is 26.3 Å². The SMILES string of the molecule is COc1cc(F)ccc1NCc1cc(OC)c2c(c1)OCO2. The quantitative estimate of drug-likeness (QED) is 0.919. The molecule has 0 aromatic heterocycles. The van der Waals surface area contributed by atoms with Crippen LogP contribution in [0.15, 0.2) is 30.3 Å². The molecule has 22 heavy (non-hydrogen) atoms. The molecule has 0 saturated heterocycles. The molecule has 1 aliphatic rings. The summed E-state index contributed by atoms with van der Waals surface area (Å²) in [4.78, 5) is 0. The third kappa shape index (κ3) is 2.72. The summed E-state index contributed by atoms with van der Waals surface area (Å²) in [7, 11) is 3.08. The second kappa shape index (κ2) is 6.01. The Hall–Kier alpha value is -2.63. The van der Waals surface area contributed by atoms with Gasteiger partial charge in [-0.25, -0.2) is 4.39 Å². The number of hydrogen-bond acceptors (Lipinski definition) is 5. The molecular weight excluding hydrogens is 289 g/mol. The minimum atomic E-state index is -0.341. The average Bonchev–Trinajstić information content (AvgIpc) is 3.01. The third-order valence-electron chi connectivity index (χ3n) is 3.36. The molecule has 116 valence electrons. The first-order valence-corrected chi connectivity index (χ1v) is 6.75. The average molecular weight is 305 g/mol. The summed E-state index contributed by atoms with van der Waals surface area (Å²) in [6, 6.07) is 8.11. The van der Waals surface area contributed by atoms with Crippen molar-refractivity contribution in [1.82, 2.24) is 0 Å². The van der Waals surface area contributed by atoms with E-state index in [1.807, 2.05) is 12.1 Å². The van der Waals surface area contributed by atoms with Gasteiger partial charge in [0.1, 0.15) is 11.6 Å². The number of rotatable bonds is 5. The van der Waals surface area contributed by atoms with Crippen molar-refractivity contribution in [3.63, 3.8) is 0 Å². The highest BCUT2D eigenvalue weighted by Gasteiger charge is 2.20. The van der Waals surface area contributed by atoms with Gasteiger partial charge < -0.3 is 24.3 Å². The molecule has 3 rings (SSSR count). The molecule has 0 aliphatic carbocycles. The fourth-order valence-corrected chi connectivity index (χ4v) is 2.29. The van der Waals surface area contributed by atoms with E-state index >= 15 is 0 Å². The van der Waals surface area contributed by atoms with Crippen LogP contribution in [0.5, 0.6) is 23.0 Å². The highest BCUT2D eigenvalue weighted by Crippen LogP contribution is 2.42. The van der Waals surface area contributed by atoms with Crippen molar-refractivity contribution in [1.29, 1.82) is 0 Å². The van der Waals surface area contributed by atoms with E-state index in [0.29, 0.717) is 35.2 Å². The normalized spacial score (nSPS) is 12.1. The van der Waals surface area contributed by atoms with Crippen LogP contribution in [0.1, 0.15) is 5.56 Å². The van der Waals surface area contributed by atoms with Gasteiger partial charge in [0, 0.05) is 12.6 Å². The predicted molar refractivity (Wildman–Crippen MR) is 79.4 cm³/mol. The number of benzene rings is 2. The first-order chi connectivity index (χ1) is 10.7. The Morgan fingerprint density at radius 1 is 1.09 bits per heavy atom. The van der Waals surface area contributed by atoms with Crippen molar-refractivity contribution in [3.05, 3.63) is 41.7 Å². The summed E-state index contributed by atoms with van der Waals surface area (Å²) in [6.07, 6.45) is 0. The van der Waals surface area contributed by atoms with Gasteiger partial charge >= 0.3 is 0 Å². The van der Waals surface area contributed by atoms with Crippen LogP contribution in [-0.4, -0.2) is 21.0 Å². The summed E-state index contributed by atoms with van der Waals surface area (Å²) >= 11 is 0. The Labute approximate surface area is 127 Å². The number of nitrogens with one attached hydrogen (secondary N) is 1. The zero-order chi connectivity index (χ0) is 15.5. The Morgan fingerprint density at radius 2 is 1.91 bits per heavy atom. The molecule has 0 radical (unpaired) electrons. The van der Waals surface area contributed by atoms with Crippen molar-refractivity contribution < 1.29 is 23.3 Å². The third-order valence-corrected chi connectivity index (χ3v) is 3.36. The molecular formula is C16H16FNO4. The number of hydrogen-bond donors (Lipinski definition) is 1. The Morgan fingerprint density at radius 3 is 2.68 bits per heavy atom. The molecule has 0 fully saturated rings. The van der Waals surface area contributed by atoms with Gasteiger partial charge in [-0.05, 0) is 29.8 Å². The van der Waals surface area contributed by atoms with Crippen LogP contribution in [0.2, 0.25) is 0 Å². The molecule has 0 unspecified atom stereocenters. The van der Waals surface area contributed by atoms with Gasteiger partial charge in [-0.1, -0.05) is 0 Å². The van der Waals surface area contributed by atoms with Crippen LogP contribution in [0.25, 0.3) is 0 Å². The van der Waals surface area contributed by atoms with Crippen molar-refractivity contribution in [3.8, 4) is 23.0 Å². The number of ether oxygens (including phenoxy) is 4. The molecule has 0 saturated carbocycles. The molecule has 0 atom stereocenters. The second-order valence-electron chi connectivity index (χ2n) is 4.73. The highest BCUT2D eigenvalue weighted by molar-refractivity contribution is 5.58. The van der Waals surface area contributed by atoms with E-state index in [-0.39, 0.29) is 12.6 Å². The first kappa shape index (κ1) is 14.3. The zero-order valence-electron chi connectivity index (χ0n) is 12.3. The van der Waals surface area contributed by atoms with Crippen LogP contribution in [-0.2, 0) is 6.54 Å². The first-order valence-electron chi connectivity index (χ1n) is 6.75. The van der Waals surface area contributed by atoms with Gasteiger partial charge in [0.15, 0.2) is 11.5 Å². The Bertz CT molecular complexity index is 690. The van der Waals surface area contributed by atoms with E-state index in [2.05, 4.69) is 5.32 Å². The standard InChI is InChI=1S/C16H16FNO4/c1-19-13-7-11(17)3-4-12(13)18-8-10-5-14(20-2)16-15(6-10)21-9-22-16/h3-7,18H,8-9H2,1-2H3. The lowest BCUT2D eigenvalue weighted by Gasteiger charge is -2.12. The molecule has 0 amide bonds. The minimum absolute atomic E-state index is 0.189. The number of halogens is 1. The van der Waals surface area contributed by atoms with Crippen LogP contribution in [0.3, 0.4) is 0 Å². The molecule has 0 spiro atoms. The summed E-state index contributed by atoms with van der Waals surface area (Å²) in [5.41, 5.74) is 1.66. The lowest BCUT2D eigenvalue weighted by atomic mass is 10.1. The summed E-state index contributed by atoms with van der Waals surface area (Å²) in [5.74, 6) is 2.01. The van der Waals surface area contributed by atoms with Gasteiger partial charge in [-0.15, -0.1) is 0 Å². The summed E-state index contributed by atoms with van der Waals surface area (Å²) < 4.78 is 34.4. The van der Waals surface area contributed by atoms with Gasteiger partial charge in [0.2, 0.25) is 12.5 Å². The maximum absolute atomic E-state index is 13.2. The lowest BCUT2D eigenvalue weighted by Crippen LogP contribution is -2.02. The largest absolute Gasteiger partial charge is 0.494 e. The zero-order valence-corrected chi connectivity index (χ0v) is 12.3. The van der Waals surface area contributed by atoms with E-state index in [1.165, 1.54) is 19.2 Å².